The standard InChI is InChI=1S/C25H30N6O/c1-15(2)30-14-17-13-18(9-10-19(17)16(30)3)28-24-23-22(11-12-27-25(23)32)31(29-24)21-8-6-5-7-20(21)26-4/h9-13,15-16,20-21H,5-8,14H2,1-3H3,(H,27,32)(H,28,29)/t16?,20-,21-/m0/s1. The average Bonchev–Trinajstić information content (AvgIpc) is 3.32. The third-order valence-electron chi connectivity index (χ3n) is 7.17. The molecule has 0 radical (unpaired) electrons. The first kappa shape index (κ1) is 20.8. The van der Waals surface area contributed by atoms with E-state index in [1.807, 2.05) is 10.7 Å². The quantitative estimate of drug-likeness (QED) is 0.561. The van der Waals surface area contributed by atoms with E-state index in [9.17, 15) is 4.79 Å². The van der Waals surface area contributed by atoms with E-state index in [0.717, 1.165) is 43.4 Å². The number of hydrogen-bond donors (Lipinski definition) is 2. The summed E-state index contributed by atoms with van der Waals surface area (Å²) in [5.41, 5.74) is 4.24. The predicted octanol–water partition coefficient (Wildman–Crippen LogP) is 5.16. The maximum Gasteiger partial charge on any atom is 0.261 e. The van der Waals surface area contributed by atoms with E-state index in [0.29, 0.717) is 23.3 Å². The van der Waals surface area contributed by atoms with E-state index < -0.39 is 0 Å². The Bertz CT molecular complexity index is 1250. The van der Waals surface area contributed by atoms with Crippen molar-refractivity contribution in [3.05, 3.63) is 63.4 Å². The van der Waals surface area contributed by atoms with Gasteiger partial charge < -0.3 is 15.1 Å². The Kier molecular flexibility index (Phi) is 5.26. The number of rotatable bonds is 4. The van der Waals surface area contributed by atoms with Crippen LogP contribution in [0, 0.1) is 6.57 Å². The fraction of sp³-hybridized carbons (Fsp3) is 0.480. The smallest absolute Gasteiger partial charge is 0.261 e. The van der Waals surface area contributed by atoms with Crippen molar-refractivity contribution in [3.8, 4) is 0 Å². The SMILES string of the molecule is [C-]#[N+][C@H]1CCCC[C@@H]1n1nc(Nc2ccc3c(c2)CN(C(C)C)C3C)c2c(=O)[nH]ccc21. The monoisotopic (exact) mass is 430 g/mol. The first-order chi connectivity index (χ1) is 15.5. The van der Waals surface area contributed by atoms with Crippen LogP contribution in [0.5, 0.6) is 0 Å². The van der Waals surface area contributed by atoms with Gasteiger partial charge in [0, 0.05) is 36.9 Å². The number of nitrogens with zero attached hydrogens (tertiary/aromatic N) is 4. The van der Waals surface area contributed by atoms with E-state index >= 15 is 0 Å². The number of anilines is 2. The van der Waals surface area contributed by atoms with Crippen LogP contribution in [0.3, 0.4) is 0 Å². The Morgan fingerprint density at radius 2 is 2.06 bits per heavy atom. The molecule has 0 bridgehead atoms. The highest BCUT2D eigenvalue weighted by Gasteiger charge is 2.34. The number of H-pyrrole nitrogens is 1. The molecular formula is C25H30N6O. The van der Waals surface area contributed by atoms with Gasteiger partial charge in [-0.1, -0.05) is 12.5 Å². The Hall–Kier alpha value is -3.11. The first-order valence-electron chi connectivity index (χ1n) is 11.6. The molecule has 1 aliphatic carbocycles. The van der Waals surface area contributed by atoms with Crippen LogP contribution >= 0.6 is 0 Å². The second-order valence-corrected chi connectivity index (χ2v) is 9.39. The summed E-state index contributed by atoms with van der Waals surface area (Å²) in [4.78, 5) is 21.9. The van der Waals surface area contributed by atoms with Gasteiger partial charge in [0.25, 0.3) is 5.56 Å². The van der Waals surface area contributed by atoms with Gasteiger partial charge in [-0.2, -0.15) is 5.10 Å². The van der Waals surface area contributed by atoms with Crippen LogP contribution in [0.15, 0.2) is 35.3 Å². The summed E-state index contributed by atoms with van der Waals surface area (Å²) in [6.45, 7) is 15.3. The molecule has 32 heavy (non-hydrogen) atoms. The van der Waals surface area contributed by atoms with E-state index in [1.165, 1.54) is 11.1 Å². The molecule has 1 fully saturated rings. The molecule has 1 unspecified atom stereocenters. The molecule has 1 aromatic carbocycles. The van der Waals surface area contributed by atoms with Gasteiger partial charge in [-0.25, -0.2) is 6.57 Å². The lowest BCUT2D eigenvalue weighted by Gasteiger charge is -2.25. The number of nitrogens with one attached hydrogen (secondary N) is 2. The molecule has 5 rings (SSSR count). The third kappa shape index (κ3) is 3.39. The van der Waals surface area contributed by atoms with Crippen molar-refractivity contribution < 1.29 is 0 Å². The molecule has 1 aliphatic heterocycles. The number of aromatic nitrogens is 3. The highest BCUT2D eigenvalue weighted by Crippen LogP contribution is 2.38. The minimum Gasteiger partial charge on any atom is -0.338 e. The molecule has 3 atom stereocenters. The molecule has 0 spiro atoms. The van der Waals surface area contributed by atoms with Crippen molar-refractivity contribution >= 4 is 22.4 Å². The maximum atomic E-state index is 12.8. The fourth-order valence-electron chi connectivity index (χ4n) is 5.47. The van der Waals surface area contributed by atoms with E-state index in [2.05, 4.69) is 59.0 Å². The number of benzene rings is 1. The zero-order valence-corrected chi connectivity index (χ0v) is 18.9. The van der Waals surface area contributed by atoms with Gasteiger partial charge >= 0.3 is 0 Å². The highest BCUT2D eigenvalue weighted by molar-refractivity contribution is 5.91. The Morgan fingerprint density at radius 3 is 2.84 bits per heavy atom. The lowest BCUT2D eigenvalue weighted by atomic mass is 9.91. The number of hydrogen-bond acceptors (Lipinski definition) is 4. The molecule has 0 saturated heterocycles. The summed E-state index contributed by atoms with van der Waals surface area (Å²) in [6, 6.07) is 9.13. The van der Waals surface area contributed by atoms with E-state index in [4.69, 9.17) is 11.7 Å². The van der Waals surface area contributed by atoms with Gasteiger partial charge in [0.15, 0.2) is 5.82 Å². The molecule has 2 aliphatic rings. The van der Waals surface area contributed by atoms with Crippen molar-refractivity contribution in [1.82, 2.24) is 19.7 Å². The van der Waals surface area contributed by atoms with Gasteiger partial charge in [0.1, 0.15) is 11.4 Å². The van der Waals surface area contributed by atoms with Crippen molar-refractivity contribution in [1.29, 1.82) is 0 Å². The average molecular weight is 431 g/mol. The van der Waals surface area contributed by atoms with Crippen LogP contribution in [0.1, 0.15) is 69.7 Å². The van der Waals surface area contributed by atoms with Gasteiger partial charge in [-0.05, 0) is 62.9 Å². The maximum absolute atomic E-state index is 12.8. The van der Waals surface area contributed by atoms with Crippen LogP contribution in [0.4, 0.5) is 11.5 Å². The first-order valence-corrected chi connectivity index (χ1v) is 11.6. The van der Waals surface area contributed by atoms with Crippen molar-refractivity contribution in [2.75, 3.05) is 5.32 Å². The van der Waals surface area contributed by atoms with E-state index in [1.54, 1.807) is 6.20 Å². The van der Waals surface area contributed by atoms with Crippen LogP contribution < -0.4 is 10.9 Å². The Morgan fingerprint density at radius 1 is 1.25 bits per heavy atom. The third-order valence-corrected chi connectivity index (χ3v) is 7.17. The minimum absolute atomic E-state index is 0.00145. The van der Waals surface area contributed by atoms with Crippen LogP contribution in [-0.4, -0.2) is 31.7 Å². The number of fused-ring (bicyclic) bond motifs is 2. The molecule has 166 valence electrons. The van der Waals surface area contributed by atoms with Gasteiger partial charge in [-0.3, -0.25) is 14.4 Å². The fourth-order valence-corrected chi connectivity index (χ4v) is 5.47. The minimum atomic E-state index is -0.160. The summed E-state index contributed by atoms with van der Waals surface area (Å²) in [5.74, 6) is 0.558. The lowest BCUT2D eigenvalue weighted by molar-refractivity contribution is 0.180. The van der Waals surface area contributed by atoms with Crippen LogP contribution in [0.2, 0.25) is 0 Å². The summed E-state index contributed by atoms with van der Waals surface area (Å²) >= 11 is 0. The summed E-state index contributed by atoms with van der Waals surface area (Å²) in [7, 11) is 0. The van der Waals surface area contributed by atoms with Gasteiger partial charge in [-0.15, -0.1) is 0 Å². The molecule has 3 aromatic rings. The molecule has 3 heterocycles. The second kappa shape index (κ2) is 8.10. The molecule has 1 saturated carbocycles. The predicted molar refractivity (Wildman–Crippen MR) is 127 cm³/mol. The van der Waals surface area contributed by atoms with Crippen LogP contribution in [-0.2, 0) is 6.54 Å². The highest BCUT2D eigenvalue weighted by atomic mass is 16.1. The zero-order valence-electron chi connectivity index (χ0n) is 18.9. The largest absolute Gasteiger partial charge is 0.338 e. The molecule has 2 N–H and O–H groups in total. The van der Waals surface area contributed by atoms with Crippen molar-refractivity contribution in [2.24, 2.45) is 0 Å². The summed E-state index contributed by atoms with van der Waals surface area (Å²) in [5, 5.41) is 8.83. The van der Waals surface area contributed by atoms with Crippen molar-refractivity contribution in [2.45, 2.75) is 77.2 Å². The number of pyridine rings is 1. The molecule has 0 amide bonds. The normalized spacial score (nSPS) is 23.4. The zero-order chi connectivity index (χ0) is 22.4. The number of aromatic amines is 1. The molecular weight excluding hydrogens is 400 g/mol. The lowest BCUT2D eigenvalue weighted by Crippen LogP contribution is -2.27. The van der Waals surface area contributed by atoms with E-state index in [-0.39, 0.29) is 17.6 Å². The summed E-state index contributed by atoms with van der Waals surface area (Å²) in [6.07, 6.45) is 5.63. The van der Waals surface area contributed by atoms with Gasteiger partial charge in [0.05, 0.1) is 5.52 Å². The van der Waals surface area contributed by atoms with Gasteiger partial charge in [0.2, 0.25) is 6.04 Å². The molecule has 7 heteroatoms. The van der Waals surface area contributed by atoms with Crippen LogP contribution in [0.25, 0.3) is 15.7 Å². The Labute approximate surface area is 188 Å². The topological polar surface area (TPSA) is 70.3 Å². The Balaban J connectivity index is 1.53. The second-order valence-electron chi connectivity index (χ2n) is 9.39. The van der Waals surface area contributed by atoms with Crippen molar-refractivity contribution in [3.63, 3.8) is 0 Å². The molecule has 2 aromatic heterocycles. The summed E-state index contributed by atoms with van der Waals surface area (Å²) < 4.78 is 1.92. The molecule has 7 nitrogen and oxygen atoms in total.